The van der Waals surface area contributed by atoms with Gasteiger partial charge in [-0.15, -0.1) is 0 Å². The van der Waals surface area contributed by atoms with Gasteiger partial charge in [0.2, 0.25) is 0 Å². The maximum absolute atomic E-state index is 13.7. The summed E-state index contributed by atoms with van der Waals surface area (Å²) in [5.41, 5.74) is -1.95. The quantitative estimate of drug-likeness (QED) is 0.574. The molecule has 3 aromatic rings. The minimum Gasteiger partial charge on any atom is -0.494 e. The number of fused-ring (bicyclic) bond motifs is 1. The van der Waals surface area contributed by atoms with Gasteiger partial charge in [0, 0.05) is 23.1 Å². The highest BCUT2D eigenvalue weighted by Gasteiger charge is 2.62. The molecule has 1 aliphatic heterocycles. The maximum atomic E-state index is 13.7. The third kappa shape index (κ3) is 4.16. The first-order valence-electron chi connectivity index (χ1n) is 10.4. The molecule has 9 heteroatoms. The lowest BCUT2D eigenvalue weighted by Crippen LogP contribution is -2.56. The number of hydrogen-bond acceptors (Lipinski definition) is 5. The molecule has 1 N–H and O–H groups in total. The number of hydrazone groups is 1. The molecule has 0 unspecified atom stereocenters. The molecule has 0 saturated carbocycles. The zero-order valence-corrected chi connectivity index (χ0v) is 18.1. The van der Waals surface area contributed by atoms with Gasteiger partial charge in [-0.05, 0) is 49.7 Å². The van der Waals surface area contributed by atoms with Crippen LogP contribution in [0.15, 0.2) is 59.7 Å². The number of benzene rings is 2. The first-order chi connectivity index (χ1) is 15.6. The Morgan fingerprint density at radius 3 is 2.55 bits per heavy atom. The van der Waals surface area contributed by atoms with Crippen molar-refractivity contribution in [3.8, 4) is 17.0 Å². The second kappa shape index (κ2) is 8.47. The number of alkyl halides is 3. The lowest BCUT2D eigenvalue weighted by Gasteiger charge is -2.32. The van der Waals surface area contributed by atoms with Crippen LogP contribution in [0.2, 0.25) is 0 Å². The number of pyridine rings is 1. The standard InChI is InChI=1S/C24H22F3N3O3/c1-3-12-33-17-10-8-16(9-11-17)21-13-19(18-6-4-5-7-20(18)28-21)22(31)30-23(32,24(25,26)27)14-15(2)29-30/h4-11,13,32H,3,12,14H2,1-2H3/t23-/m0/s1. The number of carbonyl (C=O) groups is 1. The molecule has 0 fully saturated rings. The number of amides is 1. The maximum Gasteiger partial charge on any atom is 0.438 e. The zero-order chi connectivity index (χ0) is 23.8. The van der Waals surface area contributed by atoms with Gasteiger partial charge in [0.25, 0.3) is 11.6 Å². The number of aliphatic hydroxyl groups is 1. The van der Waals surface area contributed by atoms with Gasteiger partial charge in [-0.3, -0.25) is 4.79 Å². The van der Waals surface area contributed by atoms with Gasteiger partial charge in [0.05, 0.1) is 23.4 Å². The molecule has 172 valence electrons. The molecule has 0 radical (unpaired) electrons. The summed E-state index contributed by atoms with van der Waals surface area (Å²) in [5, 5.41) is 14.6. The summed E-state index contributed by atoms with van der Waals surface area (Å²) in [6, 6.07) is 15.1. The van der Waals surface area contributed by atoms with Crippen LogP contribution in [0, 0.1) is 0 Å². The number of nitrogens with zero attached hydrogens (tertiary/aromatic N) is 3. The molecule has 1 amide bonds. The molecule has 6 nitrogen and oxygen atoms in total. The van der Waals surface area contributed by atoms with Crippen LogP contribution in [0.4, 0.5) is 13.2 Å². The van der Waals surface area contributed by atoms with Crippen LogP contribution < -0.4 is 4.74 Å². The molecule has 1 aliphatic rings. The molecule has 1 aromatic heterocycles. The SMILES string of the molecule is CCCOc1ccc(-c2cc(C(=O)N3N=C(C)C[C@]3(O)C(F)(F)F)c3ccccc3n2)cc1. The normalized spacial score (nSPS) is 18.5. The van der Waals surface area contributed by atoms with Gasteiger partial charge in [-0.1, -0.05) is 25.1 Å². The van der Waals surface area contributed by atoms with E-state index in [1.807, 2.05) is 6.92 Å². The smallest absolute Gasteiger partial charge is 0.438 e. The molecule has 0 aliphatic carbocycles. The number of carbonyl (C=O) groups excluding carboxylic acids is 1. The number of aromatic nitrogens is 1. The third-order valence-corrected chi connectivity index (χ3v) is 5.34. The minimum atomic E-state index is -5.08. The number of hydrogen-bond donors (Lipinski definition) is 1. The van der Waals surface area contributed by atoms with Crippen molar-refractivity contribution in [3.63, 3.8) is 0 Å². The predicted octanol–water partition coefficient (Wildman–Crippen LogP) is 5.16. The van der Waals surface area contributed by atoms with E-state index >= 15 is 0 Å². The summed E-state index contributed by atoms with van der Waals surface area (Å²) >= 11 is 0. The Balaban J connectivity index is 1.80. The molecular weight excluding hydrogens is 435 g/mol. The average molecular weight is 457 g/mol. The number of halogens is 3. The highest BCUT2D eigenvalue weighted by molar-refractivity contribution is 6.08. The lowest BCUT2D eigenvalue weighted by atomic mass is 10.0. The van der Waals surface area contributed by atoms with Crippen LogP contribution in [-0.2, 0) is 0 Å². The van der Waals surface area contributed by atoms with E-state index in [0.29, 0.717) is 34.5 Å². The van der Waals surface area contributed by atoms with Gasteiger partial charge in [0.15, 0.2) is 0 Å². The summed E-state index contributed by atoms with van der Waals surface area (Å²) in [7, 11) is 0. The first-order valence-corrected chi connectivity index (χ1v) is 10.4. The molecule has 2 heterocycles. The van der Waals surface area contributed by atoms with Crippen molar-refractivity contribution < 1.29 is 27.8 Å². The van der Waals surface area contributed by atoms with E-state index in [-0.39, 0.29) is 16.3 Å². The van der Waals surface area contributed by atoms with Crippen molar-refractivity contribution in [3.05, 3.63) is 60.2 Å². The van der Waals surface area contributed by atoms with Crippen molar-refractivity contribution in [1.29, 1.82) is 0 Å². The Labute approximate surface area is 188 Å². The molecule has 2 aromatic carbocycles. The molecule has 0 saturated heterocycles. The second-order valence-corrected chi connectivity index (χ2v) is 7.89. The van der Waals surface area contributed by atoms with Crippen molar-refractivity contribution in [2.45, 2.75) is 38.6 Å². The fourth-order valence-corrected chi connectivity index (χ4v) is 3.71. The fraction of sp³-hybridized carbons (Fsp3) is 0.292. The summed E-state index contributed by atoms with van der Waals surface area (Å²) in [5.74, 6) is -0.385. The van der Waals surface area contributed by atoms with Crippen LogP contribution in [0.5, 0.6) is 5.75 Å². The Morgan fingerprint density at radius 2 is 1.88 bits per heavy atom. The highest BCUT2D eigenvalue weighted by Crippen LogP contribution is 2.41. The van der Waals surface area contributed by atoms with E-state index in [9.17, 15) is 23.1 Å². The minimum absolute atomic E-state index is 0.00410. The average Bonchev–Trinajstić information content (AvgIpc) is 3.12. The third-order valence-electron chi connectivity index (χ3n) is 5.34. The van der Waals surface area contributed by atoms with E-state index in [4.69, 9.17) is 4.74 Å². The number of rotatable bonds is 5. The molecule has 1 atom stereocenters. The number of para-hydroxylation sites is 1. The van der Waals surface area contributed by atoms with Crippen LogP contribution >= 0.6 is 0 Å². The van der Waals surface area contributed by atoms with Gasteiger partial charge >= 0.3 is 6.18 Å². The van der Waals surface area contributed by atoms with Crippen molar-refractivity contribution >= 4 is 22.5 Å². The second-order valence-electron chi connectivity index (χ2n) is 7.89. The molecule has 4 rings (SSSR count). The number of ether oxygens (including phenoxy) is 1. The van der Waals surface area contributed by atoms with Gasteiger partial charge in [-0.25, -0.2) is 4.98 Å². The van der Waals surface area contributed by atoms with E-state index in [1.54, 1.807) is 48.5 Å². The molecule has 33 heavy (non-hydrogen) atoms. The van der Waals surface area contributed by atoms with Gasteiger partial charge in [-0.2, -0.15) is 23.3 Å². The van der Waals surface area contributed by atoms with Crippen LogP contribution in [0.1, 0.15) is 37.0 Å². The Morgan fingerprint density at radius 1 is 1.18 bits per heavy atom. The summed E-state index contributed by atoms with van der Waals surface area (Å²) in [4.78, 5) is 17.9. The van der Waals surface area contributed by atoms with Gasteiger partial charge in [0.1, 0.15) is 5.75 Å². The predicted molar refractivity (Wildman–Crippen MR) is 118 cm³/mol. The van der Waals surface area contributed by atoms with Crippen molar-refractivity contribution in [2.75, 3.05) is 6.61 Å². The summed E-state index contributed by atoms with van der Waals surface area (Å²) in [6.07, 6.45) is -5.02. The largest absolute Gasteiger partial charge is 0.494 e. The monoisotopic (exact) mass is 457 g/mol. The van der Waals surface area contributed by atoms with E-state index in [2.05, 4.69) is 10.1 Å². The van der Waals surface area contributed by atoms with Crippen molar-refractivity contribution in [1.82, 2.24) is 9.99 Å². The van der Waals surface area contributed by atoms with Crippen molar-refractivity contribution in [2.24, 2.45) is 5.10 Å². The molecular formula is C24H22F3N3O3. The molecule has 0 spiro atoms. The fourth-order valence-electron chi connectivity index (χ4n) is 3.71. The summed E-state index contributed by atoms with van der Waals surface area (Å²) in [6.45, 7) is 3.91. The van der Waals surface area contributed by atoms with E-state index in [1.165, 1.54) is 13.0 Å². The van der Waals surface area contributed by atoms with E-state index in [0.717, 1.165) is 6.42 Å². The van der Waals surface area contributed by atoms with Crippen LogP contribution in [0.25, 0.3) is 22.2 Å². The first kappa shape index (κ1) is 22.7. The lowest BCUT2D eigenvalue weighted by molar-refractivity contribution is -0.297. The molecule has 0 bridgehead atoms. The highest BCUT2D eigenvalue weighted by atomic mass is 19.4. The Hall–Kier alpha value is -3.46. The Bertz CT molecular complexity index is 1230. The topological polar surface area (TPSA) is 75.0 Å². The van der Waals surface area contributed by atoms with Gasteiger partial charge < -0.3 is 9.84 Å². The summed E-state index contributed by atoms with van der Waals surface area (Å²) < 4.78 is 46.6. The van der Waals surface area contributed by atoms with E-state index < -0.39 is 24.2 Å². The Kier molecular flexibility index (Phi) is 5.84. The van der Waals surface area contributed by atoms with Crippen LogP contribution in [0.3, 0.4) is 0 Å². The zero-order valence-electron chi connectivity index (χ0n) is 18.1. The van der Waals surface area contributed by atoms with Crippen LogP contribution in [-0.4, -0.2) is 45.2 Å².